The fourth-order valence-corrected chi connectivity index (χ4v) is 4.38. The van der Waals surface area contributed by atoms with Crippen LogP contribution in [0.15, 0.2) is 59.0 Å². The first kappa shape index (κ1) is 21.1. The number of aromatic nitrogens is 1. The summed E-state index contributed by atoms with van der Waals surface area (Å²) in [6.07, 6.45) is 0. The molecule has 0 unspecified atom stereocenters. The van der Waals surface area contributed by atoms with E-state index >= 15 is 0 Å². The molecule has 31 heavy (non-hydrogen) atoms. The van der Waals surface area contributed by atoms with E-state index in [1.807, 2.05) is 38.1 Å². The number of thiazole rings is 1. The van der Waals surface area contributed by atoms with Gasteiger partial charge in [0.05, 0.1) is 20.8 Å². The predicted octanol–water partition coefficient (Wildman–Crippen LogP) is 5.94. The van der Waals surface area contributed by atoms with Gasteiger partial charge in [0, 0.05) is 18.8 Å². The van der Waals surface area contributed by atoms with E-state index in [2.05, 4.69) is 10.3 Å². The third-order valence-corrected chi connectivity index (χ3v) is 6.21. The van der Waals surface area contributed by atoms with Crippen LogP contribution in [0.4, 0.5) is 5.69 Å². The highest BCUT2D eigenvalue weighted by Gasteiger charge is 2.18. The molecule has 2 aromatic carbocycles. The molecule has 2 amide bonds. The summed E-state index contributed by atoms with van der Waals surface area (Å²) in [4.78, 5) is 31.4. The summed E-state index contributed by atoms with van der Waals surface area (Å²) < 4.78 is 6.78. The molecule has 0 radical (unpaired) electrons. The zero-order chi connectivity index (χ0) is 22.0. The van der Waals surface area contributed by atoms with E-state index in [0.717, 1.165) is 10.2 Å². The van der Waals surface area contributed by atoms with Crippen molar-refractivity contribution in [2.24, 2.45) is 0 Å². The average Bonchev–Trinajstić information content (AvgIpc) is 3.42. The number of carbonyl (C=O) groups excluding carboxylic acids is 2. The summed E-state index contributed by atoms with van der Waals surface area (Å²) in [7, 11) is 0. The lowest BCUT2D eigenvalue weighted by Crippen LogP contribution is -2.30. The van der Waals surface area contributed by atoms with Gasteiger partial charge in [0.2, 0.25) is 0 Å². The van der Waals surface area contributed by atoms with Crippen molar-refractivity contribution in [3.8, 4) is 10.8 Å². The van der Waals surface area contributed by atoms with Crippen LogP contribution < -0.4 is 5.32 Å². The van der Waals surface area contributed by atoms with E-state index in [4.69, 9.17) is 16.0 Å². The van der Waals surface area contributed by atoms with Crippen LogP contribution in [0.2, 0.25) is 5.02 Å². The number of carbonyl (C=O) groups is 2. The number of furan rings is 1. The second kappa shape index (κ2) is 8.91. The molecule has 0 atom stereocenters. The van der Waals surface area contributed by atoms with E-state index in [-0.39, 0.29) is 16.7 Å². The smallest absolute Gasteiger partial charge is 0.291 e. The van der Waals surface area contributed by atoms with Gasteiger partial charge < -0.3 is 14.6 Å². The topological polar surface area (TPSA) is 75.4 Å². The Labute approximate surface area is 188 Å². The average molecular weight is 454 g/mol. The Morgan fingerprint density at radius 1 is 1.10 bits per heavy atom. The molecule has 0 fully saturated rings. The van der Waals surface area contributed by atoms with Gasteiger partial charge >= 0.3 is 0 Å². The van der Waals surface area contributed by atoms with Crippen LogP contribution in [0.5, 0.6) is 0 Å². The van der Waals surface area contributed by atoms with Gasteiger partial charge in [-0.1, -0.05) is 23.7 Å². The fraction of sp³-hybridized carbons (Fsp3) is 0.174. The van der Waals surface area contributed by atoms with Crippen molar-refractivity contribution in [3.05, 3.63) is 70.9 Å². The largest absolute Gasteiger partial charge is 0.448 e. The highest BCUT2D eigenvalue weighted by molar-refractivity contribution is 7.21. The quantitative estimate of drug-likeness (QED) is 0.391. The van der Waals surface area contributed by atoms with Crippen LogP contribution in [0.3, 0.4) is 0 Å². The standard InChI is InChI=1S/C23H20ClN3O3S/c1-3-27(4-2)23(29)15-10-9-14(13-16(15)24)25-21(28)18-11-12-19(30-18)22-26-17-7-5-6-8-20(17)31-22/h5-13H,3-4H2,1-2H3,(H,25,28). The Balaban J connectivity index is 1.50. The maximum Gasteiger partial charge on any atom is 0.291 e. The summed E-state index contributed by atoms with van der Waals surface area (Å²) in [5.74, 6) is 0.142. The van der Waals surface area contributed by atoms with Crippen LogP contribution in [0, 0.1) is 0 Å². The molecule has 6 nitrogen and oxygen atoms in total. The lowest BCUT2D eigenvalue weighted by atomic mass is 10.1. The molecule has 0 spiro atoms. The molecule has 8 heteroatoms. The highest BCUT2D eigenvalue weighted by Crippen LogP contribution is 2.31. The number of nitrogens with zero attached hydrogens (tertiary/aromatic N) is 2. The first-order valence-electron chi connectivity index (χ1n) is 9.86. The van der Waals surface area contributed by atoms with Gasteiger partial charge in [0.1, 0.15) is 0 Å². The first-order valence-corrected chi connectivity index (χ1v) is 11.1. The number of amides is 2. The van der Waals surface area contributed by atoms with Crippen molar-refractivity contribution in [1.29, 1.82) is 0 Å². The number of fused-ring (bicyclic) bond motifs is 1. The van der Waals surface area contributed by atoms with E-state index in [1.165, 1.54) is 11.3 Å². The number of halogens is 1. The lowest BCUT2D eigenvalue weighted by molar-refractivity contribution is 0.0773. The first-order chi connectivity index (χ1) is 15.0. The van der Waals surface area contributed by atoms with Crippen LogP contribution >= 0.6 is 22.9 Å². The molecule has 0 bridgehead atoms. The number of rotatable bonds is 6. The molecule has 158 valence electrons. The fourth-order valence-electron chi connectivity index (χ4n) is 3.19. The summed E-state index contributed by atoms with van der Waals surface area (Å²) in [6, 6.07) is 16.0. The Kier molecular flexibility index (Phi) is 6.06. The predicted molar refractivity (Wildman–Crippen MR) is 124 cm³/mol. The molecule has 0 saturated carbocycles. The minimum Gasteiger partial charge on any atom is -0.448 e. The maximum atomic E-state index is 12.6. The number of hydrogen-bond acceptors (Lipinski definition) is 5. The molecule has 1 N–H and O–H groups in total. The van der Waals surface area contributed by atoms with Crippen LogP contribution in [-0.2, 0) is 0 Å². The Morgan fingerprint density at radius 3 is 2.58 bits per heavy atom. The van der Waals surface area contributed by atoms with Crippen LogP contribution in [0.1, 0.15) is 34.8 Å². The SMILES string of the molecule is CCN(CC)C(=O)c1ccc(NC(=O)c2ccc(-c3nc4ccccc4s3)o2)cc1Cl. The van der Waals surface area contributed by atoms with Crippen LogP contribution in [-0.4, -0.2) is 34.8 Å². The summed E-state index contributed by atoms with van der Waals surface area (Å²) in [5, 5.41) is 3.75. The molecule has 0 aliphatic rings. The minimum absolute atomic E-state index is 0.139. The Morgan fingerprint density at radius 2 is 1.87 bits per heavy atom. The van der Waals surface area contributed by atoms with Gasteiger partial charge in [0.25, 0.3) is 11.8 Å². The minimum atomic E-state index is -0.411. The summed E-state index contributed by atoms with van der Waals surface area (Å²) in [6.45, 7) is 5.02. The number of benzene rings is 2. The highest BCUT2D eigenvalue weighted by atomic mass is 35.5. The molecule has 0 saturated heterocycles. The van der Waals surface area contributed by atoms with E-state index in [9.17, 15) is 9.59 Å². The number of anilines is 1. The normalized spacial score (nSPS) is 10.9. The molecule has 2 aromatic heterocycles. The number of hydrogen-bond donors (Lipinski definition) is 1. The zero-order valence-electron chi connectivity index (χ0n) is 17.0. The van der Waals surface area contributed by atoms with Crippen molar-refractivity contribution < 1.29 is 14.0 Å². The van der Waals surface area contributed by atoms with Crippen molar-refractivity contribution in [1.82, 2.24) is 9.88 Å². The molecule has 0 aliphatic heterocycles. The van der Waals surface area contributed by atoms with Gasteiger partial charge in [-0.2, -0.15) is 0 Å². The monoisotopic (exact) mass is 453 g/mol. The van der Waals surface area contributed by atoms with E-state index in [0.29, 0.717) is 35.1 Å². The van der Waals surface area contributed by atoms with Gasteiger partial charge in [-0.3, -0.25) is 9.59 Å². The Hall–Kier alpha value is -3.16. The number of nitrogens with one attached hydrogen (secondary N) is 1. The van der Waals surface area contributed by atoms with Gasteiger partial charge in [-0.05, 0) is 56.3 Å². The number of para-hydroxylation sites is 1. The second-order valence-electron chi connectivity index (χ2n) is 6.78. The van der Waals surface area contributed by atoms with Crippen molar-refractivity contribution in [2.75, 3.05) is 18.4 Å². The molecule has 2 heterocycles. The zero-order valence-corrected chi connectivity index (χ0v) is 18.6. The molecule has 4 rings (SSSR count). The van der Waals surface area contributed by atoms with Crippen molar-refractivity contribution >= 4 is 50.7 Å². The van der Waals surface area contributed by atoms with Crippen molar-refractivity contribution in [3.63, 3.8) is 0 Å². The van der Waals surface area contributed by atoms with Crippen LogP contribution in [0.25, 0.3) is 21.0 Å². The summed E-state index contributed by atoms with van der Waals surface area (Å²) >= 11 is 7.81. The molecular weight excluding hydrogens is 434 g/mol. The summed E-state index contributed by atoms with van der Waals surface area (Å²) in [5.41, 5.74) is 1.77. The van der Waals surface area contributed by atoms with E-state index < -0.39 is 5.91 Å². The van der Waals surface area contributed by atoms with E-state index in [1.54, 1.807) is 35.2 Å². The van der Waals surface area contributed by atoms with Gasteiger partial charge in [-0.15, -0.1) is 11.3 Å². The lowest BCUT2D eigenvalue weighted by Gasteiger charge is -2.19. The third-order valence-electron chi connectivity index (χ3n) is 4.84. The second-order valence-corrected chi connectivity index (χ2v) is 8.21. The molecular formula is C23H20ClN3O3S. The Bertz CT molecular complexity index is 1230. The molecule has 0 aliphatic carbocycles. The molecule has 4 aromatic rings. The van der Waals surface area contributed by atoms with Gasteiger partial charge in [-0.25, -0.2) is 4.98 Å². The van der Waals surface area contributed by atoms with Crippen molar-refractivity contribution in [2.45, 2.75) is 13.8 Å². The maximum absolute atomic E-state index is 12.6. The third kappa shape index (κ3) is 4.33. The van der Waals surface area contributed by atoms with Gasteiger partial charge in [0.15, 0.2) is 16.5 Å².